The number of likely N-dealkylation sites (N-methyl/N-ethyl adjacent to an activating group) is 1. The highest BCUT2D eigenvalue weighted by molar-refractivity contribution is 5.97. The minimum atomic E-state index is 0.228. The van der Waals surface area contributed by atoms with Gasteiger partial charge in [0.15, 0.2) is 0 Å². The summed E-state index contributed by atoms with van der Waals surface area (Å²) in [6, 6.07) is 8.11. The van der Waals surface area contributed by atoms with Crippen molar-refractivity contribution in [1.82, 2.24) is 5.32 Å². The molecule has 0 spiro atoms. The van der Waals surface area contributed by atoms with Crippen LogP contribution in [-0.2, 0) is 4.79 Å². The van der Waals surface area contributed by atoms with Crippen LogP contribution in [0.25, 0.3) is 0 Å². The van der Waals surface area contributed by atoms with E-state index in [1.165, 1.54) is 0 Å². The monoisotopic (exact) mass is 247 g/mol. The zero-order valence-corrected chi connectivity index (χ0v) is 11.1. The summed E-state index contributed by atoms with van der Waals surface area (Å²) in [4.78, 5) is 16.3. The van der Waals surface area contributed by atoms with Crippen molar-refractivity contribution in [2.45, 2.75) is 12.8 Å². The first-order valence-corrected chi connectivity index (χ1v) is 6.49. The van der Waals surface area contributed by atoms with Crippen LogP contribution < -0.4 is 15.1 Å². The summed E-state index contributed by atoms with van der Waals surface area (Å²) in [6.45, 7) is 2.57. The largest absolute Gasteiger partial charge is 0.371 e. The minimum absolute atomic E-state index is 0.228. The summed E-state index contributed by atoms with van der Waals surface area (Å²) < 4.78 is 0. The van der Waals surface area contributed by atoms with Crippen molar-refractivity contribution in [3.05, 3.63) is 24.3 Å². The van der Waals surface area contributed by atoms with Gasteiger partial charge in [0, 0.05) is 26.6 Å². The lowest BCUT2D eigenvalue weighted by atomic mass is 10.1. The lowest BCUT2D eigenvalue weighted by molar-refractivity contribution is -0.118. The van der Waals surface area contributed by atoms with E-state index < -0.39 is 0 Å². The Bertz CT molecular complexity index is 419. The highest BCUT2D eigenvalue weighted by Gasteiger charge is 2.23. The highest BCUT2D eigenvalue weighted by atomic mass is 16.2. The molecule has 98 valence electrons. The predicted octanol–water partition coefficient (Wildman–Crippen LogP) is 1.47. The molecular weight excluding hydrogens is 226 g/mol. The summed E-state index contributed by atoms with van der Waals surface area (Å²) in [5.74, 6) is 0.228. The maximum absolute atomic E-state index is 12.2. The summed E-state index contributed by atoms with van der Waals surface area (Å²) in [6.07, 6.45) is 1.50. The Kier molecular flexibility index (Phi) is 4.20. The van der Waals surface area contributed by atoms with Gasteiger partial charge in [0.1, 0.15) is 0 Å². The summed E-state index contributed by atoms with van der Waals surface area (Å²) in [7, 11) is 3.98. The molecule has 1 aromatic rings. The molecule has 1 amide bonds. The number of fused-ring (bicyclic) bond motifs is 1. The van der Waals surface area contributed by atoms with Gasteiger partial charge in [-0.15, -0.1) is 0 Å². The number of nitrogens with zero attached hydrogens (tertiary/aromatic N) is 2. The van der Waals surface area contributed by atoms with Gasteiger partial charge in [-0.3, -0.25) is 4.79 Å². The first kappa shape index (κ1) is 12.9. The first-order valence-electron chi connectivity index (χ1n) is 6.49. The normalized spacial score (nSPS) is 14.6. The van der Waals surface area contributed by atoms with Gasteiger partial charge < -0.3 is 15.1 Å². The van der Waals surface area contributed by atoms with E-state index in [2.05, 4.69) is 23.3 Å². The van der Waals surface area contributed by atoms with Crippen LogP contribution in [0.1, 0.15) is 12.8 Å². The van der Waals surface area contributed by atoms with Gasteiger partial charge in [0.2, 0.25) is 5.91 Å². The Morgan fingerprint density at radius 1 is 1.28 bits per heavy atom. The molecule has 1 aliphatic rings. The molecule has 0 unspecified atom stereocenters. The second-order valence-corrected chi connectivity index (χ2v) is 4.66. The molecule has 0 aliphatic carbocycles. The van der Waals surface area contributed by atoms with Crippen molar-refractivity contribution in [2.75, 3.05) is 43.5 Å². The van der Waals surface area contributed by atoms with Crippen LogP contribution in [-0.4, -0.2) is 39.6 Å². The molecule has 2 rings (SSSR count). The van der Waals surface area contributed by atoms with Crippen molar-refractivity contribution in [2.24, 2.45) is 0 Å². The lowest BCUT2D eigenvalue weighted by Crippen LogP contribution is -2.42. The molecule has 1 heterocycles. The van der Waals surface area contributed by atoms with Crippen LogP contribution >= 0.6 is 0 Å². The van der Waals surface area contributed by atoms with Crippen LogP contribution in [0, 0.1) is 0 Å². The van der Waals surface area contributed by atoms with E-state index in [1.807, 2.05) is 30.1 Å². The lowest BCUT2D eigenvalue weighted by Gasteiger charge is -2.35. The van der Waals surface area contributed by atoms with E-state index in [4.69, 9.17) is 0 Å². The number of hydrogen-bond acceptors (Lipinski definition) is 3. The van der Waals surface area contributed by atoms with Gasteiger partial charge in [0.05, 0.1) is 11.4 Å². The molecule has 4 nitrogen and oxygen atoms in total. The van der Waals surface area contributed by atoms with Crippen molar-refractivity contribution in [3.8, 4) is 0 Å². The topological polar surface area (TPSA) is 35.6 Å². The quantitative estimate of drug-likeness (QED) is 0.818. The molecular formula is C14H21N3O. The maximum Gasteiger partial charge on any atom is 0.227 e. The van der Waals surface area contributed by atoms with E-state index in [-0.39, 0.29) is 5.91 Å². The van der Waals surface area contributed by atoms with Crippen LogP contribution in [0.5, 0.6) is 0 Å². The number of carbonyl (C=O) groups excluding carboxylic acids is 1. The number of hydrogen-bond donors (Lipinski definition) is 1. The van der Waals surface area contributed by atoms with E-state index in [0.717, 1.165) is 37.4 Å². The third-order valence-corrected chi connectivity index (χ3v) is 3.36. The molecule has 18 heavy (non-hydrogen) atoms. The average molecular weight is 247 g/mol. The van der Waals surface area contributed by atoms with E-state index >= 15 is 0 Å². The van der Waals surface area contributed by atoms with E-state index in [0.29, 0.717) is 6.42 Å². The summed E-state index contributed by atoms with van der Waals surface area (Å²) >= 11 is 0. The molecule has 0 saturated carbocycles. The van der Waals surface area contributed by atoms with Gasteiger partial charge >= 0.3 is 0 Å². The molecule has 0 bridgehead atoms. The Balaban J connectivity index is 2.11. The van der Waals surface area contributed by atoms with E-state index in [1.54, 1.807) is 0 Å². The van der Waals surface area contributed by atoms with Gasteiger partial charge in [-0.1, -0.05) is 12.1 Å². The smallest absolute Gasteiger partial charge is 0.227 e. The third kappa shape index (κ3) is 2.64. The Morgan fingerprint density at radius 3 is 2.72 bits per heavy atom. The van der Waals surface area contributed by atoms with Crippen molar-refractivity contribution < 1.29 is 4.79 Å². The molecule has 0 aromatic heterocycles. The molecule has 0 radical (unpaired) electrons. The van der Waals surface area contributed by atoms with Crippen molar-refractivity contribution >= 4 is 17.3 Å². The van der Waals surface area contributed by atoms with Crippen LogP contribution in [0.15, 0.2) is 24.3 Å². The molecule has 4 heteroatoms. The van der Waals surface area contributed by atoms with Crippen LogP contribution in [0.4, 0.5) is 11.4 Å². The number of para-hydroxylation sites is 2. The fraction of sp³-hybridized carbons (Fsp3) is 0.500. The van der Waals surface area contributed by atoms with Gasteiger partial charge in [-0.05, 0) is 32.1 Å². The summed E-state index contributed by atoms with van der Waals surface area (Å²) in [5, 5.41) is 3.07. The standard InChI is InChI=1S/C14H21N3O/c1-15-9-5-8-14(18)17-11-10-16(2)12-6-3-4-7-13(12)17/h3-4,6-7,15H,5,8-11H2,1-2H3. The first-order chi connectivity index (χ1) is 8.74. The number of nitrogens with one attached hydrogen (secondary N) is 1. The fourth-order valence-corrected chi connectivity index (χ4v) is 2.32. The zero-order chi connectivity index (χ0) is 13.0. The molecule has 0 atom stereocenters. The number of rotatable bonds is 4. The molecule has 0 saturated heterocycles. The number of carbonyl (C=O) groups is 1. The number of amides is 1. The number of anilines is 2. The second-order valence-electron chi connectivity index (χ2n) is 4.66. The Labute approximate surface area is 109 Å². The number of benzene rings is 1. The molecule has 1 aromatic carbocycles. The maximum atomic E-state index is 12.2. The van der Waals surface area contributed by atoms with Crippen LogP contribution in [0.2, 0.25) is 0 Å². The van der Waals surface area contributed by atoms with Gasteiger partial charge in [-0.2, -0.15) is 0 Å². The van der Waals surface area contributed by atoms with Gasteiger partial charge in [-0.25, -0.2) is 0 Å². The molecule has 0 fully saturated rings. The molecule has 1 aliphatic heterocycles. The molecule has 1 N–H and O–H groups in total. The SMILES string of the molecule is CNCCCC(=O)N1CCN(C)c2ccccc21. The minimum Gasteiger partial charge on any atom is -0.371 e. The van der Waals surface area contributed by atoms with Crippen molar-refractivity contribution in [1.29, 1.82) is 0 Å². The Hall–Kier alpha value is -1.55. The fourth-order valence-electron chi connectivity index (χ4n) is 2.32. The Morgan fingerprint density at radius 2 is 2.00 bits per heavy atom. The highest BCUT2D eigenvalue weighted by Crippen LogP contribution is 2.32. The zero-order valence-electron chi connectivity index (χ0n) is 11.1. The summed E-state index contributed by atoms with van der Waals surface area (Å²) in [5.41, 5.74) is 2.19. The third-order valence-electron chi connectivity index (χ3n) is 3.36. The second kappa shape index (κ2) is 5.87. The van der Waals surface area contributed by atoms with Crippen LogP contribution in [0.3, 0.4) is 0 Å². The van der Waals surface area contributed by atoms with Gasteiger partial charge in [0.25, 0.3) is 0 Å². The predicted molar refractivity (Wildman–Crippen MR) is 75.2 cm³/mol. The average Bonchev–Trinajstić information content (AvgIpc) is 2.39. The van der Waals surface area contributed by atoms with E-state index in [9.17, 15) is 4.79 Å². The van der Waals surface area contributed by atoms with Crippen molar-refractivity contribution in [3.63, 3.8) is 0 Å².